The zero-order chi connectivity index (χ0) is 38.8. The summed E-state index contributed by atoms with van der Waals surface area (Å²) in [7, 11) is 0. The van der Waals surface area contributed by atoms with Crippen LogP contribution in [0.25, 0.3) is 0 Å². The summed E-state index contributed by atoms with van der Waals surface area (Å²) in [6.07, 6.45) is 0. The fourth-order valence-electron chi connectivity index (χ4n) is 7.27. The molecule has 0 radical (unpaired) electrons. The molecule has 0 spiro atoms. The summed E-state index contributed by atoms with van der Waals surface area (Å²) in [6.45, 7) is 0. The molecule has 0 amide bonds. The molecule has 4 N–H and O–H groups in total. The van der Waals surface area contributed by atoms with Crippen molar-refractivity contribution >= 4 is 92.8 Å². The first-order chi connectivity index (χ1) is 27.2. The van der Waals surface area contributed by atoms with E-state index < -0.39 is 0 Å². The second kappa shape index (κ2) is 14.9. The van der Waals surface area contributed by atoms with Gasteiger partial charge in [-0.1, -0.05) is 0 Å². The van der Waals surface area contributed by atoms with E-state index in [1.807, 2.05) is 121 Å². The number of hydrogen-bond donors (Lipinski definition) is 4. The second-order valence-electron chi connectivity index (χ2n) is 13.0. The van der Waals surface area contributed by atoms with Crippen LogP contribution in [-0.2, 0) is 0 Å². The average Bonchev–Trinajstić information content (AvgIpc) is 3.89. The third kappa shape index (κ3) is 6.07. The highest BCUT2D eigenvalue weighted by Gasteiger charge is 2.47. The standard InChI is InChI=1S/C44H24Cl8N4/c45-29-31(47)39-26(22-15-7-2-8-16-22)41-33(49)35(51)43(55-41)28(24-19-11-4-12-20-24)44-36(52)34(50)42(56-44)27(23-17-9-3-10-18-23)40-32(48)30(46)38(54-40)25(37(29)53-39)21-13-5-1-6-14-21/h1-20,53-56H/q+4. The van der Waals surface area contributed by atoms with Crippen molar-refractivity contribution in [2.45, 2.75) is 0 Å². The molecule has 56 heavy (non-hydrogen) atoms. The van der Waals surface area contributed by atoms with Crippen molar-refractivity contribution in [2.75, 3.05) is 0 Å². The number of rotatable bonds is 4. The van der Waals surface area contributed by atoms with Crippen molar-refractivity contribution in [3.8, 4) is 0 Å². The van der Waals surface area contributed by atoms with Crippen LogP contribution in [-0.4, -0.2) is 19.9 Å². The van der Waals surface area contributed by atoms with E-state index >= 15 is 0 Å². The van der Waals surface area contributed by atoms with Crippen LogP contribution < -0.4 is 0 Å². The van der Waals surface area contributed by atoms with Gasteiger partial charge in [0.15, 0.2) is 40.2 Å². The molecular weight excluding hydrogens is 868 g/mol. The first-order valence-electron chi connectivity index (χ1n) is 17.2. The maximum Gasteiger partial charge on any atom is 0.175 e. The molecule has 8 bridgehead atoms. The minimum absolute atomic E-state index is 0.253. The molecular formula is C44H24Cl8N4+4. The van der Waals surface area contributed by atoms with Gasteiger partial charge in [-0.05, 0) is 166 Å². The summed E-state index contributed by atoms with van der Waals surface area (Å²) >= 11 is 58.4. The van der Waals surface area contributed by atoms with Crippen LogP contribution in [0.1, 0.15) is 67.8 Å². The maximum absolute atomic E-state index is 7.29. The van der Waals surface area contributed by atoms with Gasteiger partial charge in [-0.25, -0.2) is 0 Å². The summed E-state index contributed by atoms with van der Waals surface area (Å²) in [4.78, 5) is 14.3. The molecule has 9 rings (SSSR count). The summed E-state index contributed by atoms with van der Waals surface area (Å²) in [5, 5.41) is 2.02. The van der Waals surface area contributed by atoms with Gasteiger partial charge in [-0.2, -0.15) is 0 Å². The predicted octanol–water partition coefficient (Wildman–Crippen LogP) is 14.6. The van der Waals surface area contributed by atoms with Crippen molar-refractivity contribution < 1.29 is 0 Å². The van der Waals surface area contributed by atoms with Gasteiger partial charge in [-0.3, -0.25) is 0 Å². The zero-order valence-electron chi connectivity index (χ0n) is 28.6. The van der Waals surface area contributed by atoms with Crippen LogP contribution in [0.2, 0.25) is 40.2 Å². The van der Waals surface area contributed by atoms with E-state index in [0.717, 1.165) is 22.3 Å². The van der Waals surface area contributed by atoms with Crippen LogP contribution in [0.3, 0.4) is 0 Å². The monoisotopic (exact) mass is 888 g/mol. The third-order valence-corrected chi connectivity index (χ3v) is 13.2. The van der Waals surface area contributed by atoms with Crippen molar-refractivity contribution in [2.24, 2.45) is 0 Å². The Kier molecular flexibility index (Phi) is 9.98. The first kappa shape index (κ1) is 37.4. The molecule has 12 heteroatoms. The lowest BCUT2D eigenvalue weighted by Gasteiger charge is -2.13. The molecule has 1 aliphatic rings. The van der Waals surface area contributed by atoms with Gasteiger partial charge < -0.3 is 19.9 Å². The molecule has 5 heterocycles. The van der Waals surface area contributed by atoms with E-state index in [9.17, 15) is 0 Å². The summed E-state index contributed by atoms with van der Waals surface area (Å²) in [5.41, 5.74) is 7.01. The van der Waals surface area contributed by atoms with E-state index in [2.05, 4.69) is 19.9 Å². The Hall–Kier alpha value is -4.20. The van der Waals surface area contributed by atoms with Gasteiger partial charge >= 0.3 is 0 Å². The SMILES string of the molecule is Clc1c2[nH]c(c1Cl)[C+](c1ccccc1)c1[nH]c(c(Cl)c1Cl)[C+](c1ccccc1)c1[nH]c(c(Cl)c1Cl)[C+](c1ccccc1)c1[nH]c(c(Cl)c1Cl)[C+]2c1ccccc1. The number of halogens is 8. The van der Waals surface area contributed by atoms with E-state index in [0.29, 0.717) is 69.2 Å². The Balaban J connectivity index is 1.43. The number of aromatic amines is 4. The highest BCUT2D eigenvalue weighted by Crippen LogP contribution is 2.52. The van der Waals surface area contributed by atoms with Crippen LogP contribution in [0.4, 0.5) is 0 Å². The Morgan fingerprint density at radius 1 is 0.232 bits per heavy atom. The Morgan fingerprint density at radius 3 is 0.518 bits per heavy atom. The molecule has 4 nitrogen and oxygen atoms in total. The molecule has 0 aliphatic carbocycles. The number of hydrogen-bond acceptors (Lipinski definition) is 0. The van der Waals surface area contributed by atoms with Crippen molar-refractivity contribution in [1.29, 1.82) is 0 Å². The number of benzene rings is 4. The molecule has 0 atom stereocenters. The largest absolute Gasteiger partial charge is 0.324 e. The lowest BCUT2D eigenvalue weighted by Crippen LogP contribution is -2.12. The van der Waals surface area contributed by atoms with Gasteiger partial charge in [0.25, 0.3) is 0 Å². The lowest BCUT2D eigenvalue weighted by atomic mass is 9.92. The summed E-state index contributed by atoms with van der Waals surface area (Å²) in [5.74, 6) is 2.45. The molecule has 4 aromatic heterocycles. The van der Waals surface area contributed by atoms with E-state index in [4.69, 9.17) is 92.8 Å². The van der Waals surface area contributed by atoms with Crippen LogP contribution in [0.5, 0.6) is 0 Å². The zero-order valence-corrected chi connectivity index (χ0v) is 34.6. The molecule has 272 valence electrons. The summed E-state index contributed by atoms with van der Waals surface area (Å²) < 4.78 is 0. The first-order valence-corrected chi connectivity index (χ1v) is 20.2. The Morgan fingerprint density at radius 2 is 0.375 bits per heavy atom. The lowest BCUT2D eigenvalue weighted by molar-refractivity contribution is 1.01. The Bertz CT molecular complexity index is 2230. The van der Waals surface area contributed by atoms with Crippen molar-refractivity contribution in [1.82, 2.24) is 19.9 Å². The minimum Gasteiger partial charge on any atom is -0.324 e. The number of aromatic nitrogens is 4. The molecule has 0 unspecified atom stereocenters. The van der Waals surface area contributed by atoms with Crippen molar-refractivity contribution in [3.63, 3.8) is 0 Å². The topological polar surface area (TPSA) is 63.2 Å². The molecule has 1 aliphatic heterocycles. The predicted molar refractivity (Wildman–Crippen MR) is 231 cm³/mol. The van der Waals surface area contributed by atoms with Gasteiger partial charge in [0, 0.05) is 48.5 Å². The molecule has 0 fully saturated rings. The van der Waals surface area contributed by atoms with E-state index in [1.165, 1.54) is 0 Å². The highest BCUT2D eigenvalue weighted by molar-refractivity contribution is 6.46. The van der Waals surface area contributed by atoms with Gasteiger partial charge in [0.1, 0.15) is 69.2 Å². The fraction of sp³-hybridized carbons (Fsp3) is 0. The molecule has 0 saturated heterocycles. The molecule has 4 aromatic carbocycles. The number of nitrogens with one attached hydrogen (secondary N) is 4. The smallest absolute Gasteiger partial charge is 0.175 e. The van der Waals surface area contributed by atoms with Gasteiger partial charge in [-0.15, -0.1) is 0 Å². The van der Waals surface area contributed by atoms with E-state index in [-0.39, 0.29) is 40.2 Å². The molecule has 8 aromatic rings. The Labute approximate surface area is 363 Å². The van der Waals surface area contributed by atoms with Crippen LogP contribution >= 0.6 is 92.8 Å². The fourth-order valence-corrected chi connectivity index (χ4v) is 9.16. The normalized spacial score (nSPS) is 12.9. The molecule has 0 saturated carbocycles. The summed E-state index contributed by atoms with van der Waals surface area (Å²) in [6, 6.07) is 38.7. The highest BCUT2D eigenvalue weighted by atomic mass is 35.5. The quantitative estimate of drug-likeness (QED) is 0.127. The average molecular weight is 892 g/mol. The minimum atomic E-state index is 0.253. The number of H-pyrrole nitrogens is 4. The van der Waals surface area contributed by atoms with Gasteiger partial charge in [0.05, 0.1) is 22.3 Å². The number of fused-ring (bicyclic) bond motifs is 8. The van der Waals surface area contributed by atoms with Crippen LogP contribution in [0, 0.1) is 23.7 Å². The second-order valence-corrected chi connectivity index (χ2v) is 16.0. The van der Waals surface area contributed by atoms with Gasteiger partial charge in [0.2, 0.25) is 0 Å². The maximum atomic E-state index is 7.29. The third-order valence-electron chi connectivity index (χ3n) is 9.78. The van der Waals surface area contributed by atoms with Crippen LogP contribution in [0.15, 0.2) is 121 Å². The van der Waals surface area contributed by atoms with Crippen molar-refractivity contribution in [3.05, 3.63) is 253 Å². The van der Waals surface area contributed by atoms with E-state index in [1.54, 1.807) is 0 Å².